The second kappa shape index (κ2) is 6.96. The Labute approximate surface area is 149 Å². The number of rotatable bonds is 4. The van der Waals surface area contributed by atoms with Gasteiger partial charge in [-0.1, -0.05) is 12.1 Å². The van der Waals surface area contributed by atoms with Crippen molar-refractivity contribution in [3.05, 3.63) is 29.8 Å². The maximum absolute atomic E-state index is 12.5. The Morgan fingerprint density at radius 2 is 2.08 bits per heavy atom. The monoisotopic (exact) mass is 366 g/mol. The van der Waals surface area contributed by atoms with Crippen molar-refractivity contribution >= 4 is 15.7 Å². The van der Waals surface area contributed by atoms with Crippen LogP contribution >= 0.6 is 0 Å². The molecule has 2 aliphatic rings. The van der Waals surface area contributed by atoms with E-state index in [2.05, 4.69) is 4.90 Å². The molecular formula is C18H26N2O4S. The van der Waals surface area contributed by atoms with Gasteiger partial charge in [-0.25, -0.2) is 8.42 Å². The summed E-state index contributed by atoms with van der Waals surface area (Å²) < 4.78 is 30.3. The molecule has 25 heavy (non-hydrogen) atoms. The Hall–Kier alpha value is -1.60. The van der Waals surface area contributed by atoms with Gasteiger partial charge in [0.05, 0.1) is 18.1 Å². The van der Waals surface area contributed by atoms with Gasteiger partial charge in [-0.05, 0) is 24.1 Å². The van der Waals surface area contributed by atoms with E-state index in [-0.39, 0.29) is 23.5 Å². The lowest BCUT2D eigenvalue weighted by atomic mass is 9.87. The van der Waals surface area contributed by atoms with Crippen LogP contribution in [-0.4, -0.2) is 69.4 Å². The number of sulfone groups is 1. The number of nitrogens with zero attached hydrogens (tertiary/aromatic N) is 2. The molecule has 0 unspecified atom stereocenters. The average molecular weight is 366 g/mol. The molecule has 0 spiro atoms. The summed E-state index contributed by atoms with van der Waals surface area (Å²) in [5.41, 5.74) is 1.09. The van der Waals surface area contributed by atoms with Crippen LogP contribution in [0.5, 0.6) is 5.75 Å². The first kappa shape index (κ1) is 18.2. The van der Waals surface area contributed by atoms with E-state index in [4.69, 9.17) is 4.74 Å². The Morgan fingerprint density at radius 3 is 2.76 bits per heavy atom. The lowest BCUT2D eigenvalue weighted by molar-refractivity contribution is -0.134. The van der Waals surface area contributed by atoms with E-state index in [0.717, 1.165) is 11.3 Å². The first-order valence-corrected chi connectivity index (χ1v) is 10.3. The van der Waals surface area contributed by atoms with Crippen molar-refractivity contribution in [1.82, 2.24) is 9.80 Å². The Bertz CT molecular complexity index is 747. The lowest BCUT2D eigenvalue weighted by Gasteiger charge is -2.33. The van der Waals surface area contributed by atoms with E-state index >= 15 is 0 Å². The number of likely N-dealkylation sites (tertiary alicyclic amines) is 1. The maximum Gasteiger partial charge on any atom is 0.225 e. The van der Waals surface area contributed by atoms with Gasteiger partial charge in [0, 0.05) is 45.6 Å². The molecule has 0 radical (unpaired) electrons. The predicted octanol–water partition coefficient (Wildman–Crippen LogP) is 1.02. The molecule has 0 aromatic heterocycles. The van der Waals surface area contributed by atoms with Crippen LogP contribution in [0.1, 0.15) is 12.0 Å². The standard InChI is InChI=1S/C18H26N2O4S/c1-19(2)18(21)15-7-8-25(22,23)17-12-20(11-16(15)17)10-13-5-4-6-14(9-13)24-3/h4-6,9,15-17H,7-8,10-12H2,1-3H3/t15-,16+,17+/m0/s1. The topological polar surface area (TPSA) is 66.9 Å². The van der Waals surface area contributed by atoms with Gasteiger partial charge in [-0.15, -0.1) is 0 Å². The van der Waals surface area contributed by atoms with Crippen LogP contribution in [0.4, 0.5) is 0 Å². The Morgan fingerprint density at radius 1 is 1.32 bits per heavy atom. The summed E-state index contributed by atoms with van der Waals surface area (Å²) in [6.45, 7) is 1.81. The largest absolute Gasteiger partial charge is 0.497 e. The van der Waals surface area contributed by atoms with Crippen LogP contribution in [0.15, 0.2) is 24.3 Å². The second-order valence-electron chi connectivity index (χ2n) is 7.24. The predicted molar refractivity (Wildman–Crippen MR) is 96.1 cm³/mol. The number of benzene rings is 1. The molecule has 0 bridgehead atoms. The zero-order valence-electron chi connectivity index (χ0n) is 15.0. The minimum absolute atomic E-state index is 0.0492. The molecule has 2 aliphatic heterocycles. The molecule has 2 saturated heterocycles. The summed E-state index contributed by atoms with van der Waals surface area (Å²) >= 11 is 0. The average Bonchev–Trinajstić information content (AvgIpc) is 2.99. The Balaban J connectivity index is 1.78. The summed E-state index contributed by atoms with van der Waals surface area (Å²) in [5, 5.41) is -0.430. The summed E-state index contributed by atoms with van der Waals surface area (Å²) in [5.74, 6) is 0.652. The zero-order chi connectivity index (χ0) is 18.2. The highest BCUT2D eigenvalue weighted by Gasteiger charge is 2.50. The minimum Gasteiger partial charge on any atom is -0.497 e. The van der Waals surface area contributed by atoms with E-state index in [0.29, 0.717) is 26.1 Å². The van der Waals surface area contributed by atoms with E-state index in [1.807, 2.05) is 24.3 Å². The highest BCUT2D eigenvalue weighted by atomic mass is 32.2. The smallest absolute Gasteiger partial charge is 0.225 e. The number of amides is 1. The molecule has 7 heteroatoms. The first-order valence-electron chi connectivity index (χ1n) is 8.60. The maximum atomic E-state index is 12.5. The number of fused-ring (bicyclic) bond motifs is 1. The fourth-order valence-electron chi connectivity index (χ4n) is 4.10. The molecule has 1 aromatic carbocycles. The van der Waals surface area contributed by atoms with E-state index in [9.17, 15) is 13.2 Å². The number of hydrogen-bond acceptors (Lipinski definition) is 5. The molecule has 2 fully saturated rings. The third kappa shape index (κ3) is 3.67. The molecule has 1 aromatic rings. The summed E-state index contributed by atoms with van der Waals surface area (Å²) in [6.07, 6.45) is 0.438. The zero-order valence-corrected chi connectivity index (χ0v) is 15.8. The summed E-state index contributed by atoms with van der Waals surface area (Å²) in [4.78, 5) is 16.2. The van der Waals surface area contributed by atoms with Gasteiger partial charge >= 0.3 is 0 Å². The fraction of sp³-hybridized carbons (Fsp3) is 0.611. The van der Waals surface area contributed by atoms with Crippen molar-refractivity contribution in [2.45, 2.75) is 18.2 Å². The number of methoxy groups -OCH3 is 1. The van der Waals surface area contributed by atoms with Crippen molar-refractivity contribution in [2.75, 3.05) is 40.0 Å². The highest BCUT2D eigenvalue weighted by Crippen LogP contribution is 2.38. The molecule has 1 amide bonds. The molecule has 0 N–H and O–H groups in total. The molecule has 0 saturated carbocycles. The fourth-order valence-corrected chi connectivity index (χ4v) is 6.23. The van der Waals surface area contributed by atoms with E-state index in [1.54, 1.807) is 26.1 Å². The van der Waals surface area contributed by atoms with Crippen LogP contribution in [0.25, 0.3) is 0 Å². The SMILES string of the molecule is COc1cccc(CN2C[C@@H]3[C@@H](C(=O)N(C)C)CCS(=O)(=O)[C@@H]3C2)c1. The summed E-state index contributed by atoms with van der Waals surface area (Å²) in [7, 11) is 1.98. The van der Waals surface area contributed by atoms with Gasteiger partial charge < -0.3 is 9.64 Å². The van der Waals surface area contributed by atoms with Gasteiger partial charge in [-0.2, -0.15) is 0 Å². The van der Waals surface area contributed by atoms with Crippen molar-refractivity contribution in [1.29, 1.82) is 0 Å². The normalized spacial score (nSPS) is 28.4. The number of carbonyl (C=O) groups excluding carboxylic acids is 1. The van der Waals surface area contributed by atoms with Crippen molar-refractivity contribution in [3.63, 3.8) is 0 Å². The van der Waals surface area contributed by atoms with Gasteiger partial charge in [-0.3, -0.25) is 9.69 Å². The van der Waals surface area contributed by atoms with Gasteiger partial charge in [0.2, 0.25) is 5.91 Å². The molecule has 6 nitrogen and oxygen atoms in total. The second-order valence-corrected chi connectivity index (χ2v) is 9.58. The third-order valence-corrected chi connectivity index (χ3v) is 7.60. The van der Waals surface area contributed by atoms with Crippen LogP contribution in [0.3, 0.4) is 0 Å². The summed E-state index contributed by atoms with van der Waals surface area (Å²) in [6, 6.07) is 7.82. The molecular weight excluding hydrogens is 340 g/mol. The molecule has 3 rings (SSSR count). The third-order valence-electron chi connectivity index (χ3n) is 5.37. The molecule has 2 heterocycles. The minimum atomic E-state index is -3.13. The van der Waals surface area contributed by atoms with Crippen LogP contribution < -0.4 is 4.74 Å². The number of ether oxygens (including phenoxy) is 1. The van der Waals surface area contributed by atoms with Crippen LogP contribution in [-0.2, 0) is 21.2 Å². The van der Waals surface area contributed by atoms with Gasteiger partial charge in [0.15, 0.2) is 9.84 Å². The van der Waals surface area contributed by atoms with Crippen LogP contribution in [0.2, 0.25) is 0 Å². The number of hydrogen-bond donors (Lipinski definition) is 0. The van der Waals surface area contributed by atoms with Gasteiger partial charge in [0.1, 0.15) is 5.75 Å². The van der Waals surface area contributed by atoms with Gasteiger partial charge in [0.25, 0.3) is 0 Å². The lowest BCUT2D eigenvalue weighted by Crippen LogP contribution is -2.46. The van der Waals surface area contributed by atoms with E-state index < -0.39 is 15.1 Å². The van der Waals surface area contributed by atoms with Crippen molar-refractivity contribution in [3.8, 4) is 5.75 Å². The van der Waals surface area contributed by atoms with Crippen molar-refractivity contribution < 1.29 is 17.9 Å². The first-order chi connectivity index (χ1) is 11.8. The van der Waals surface area contributed by atoms with Crippen LogP contribution in [0, 0.1) is 11.8 Å². The quantitative estimate of drug-likeness (QED) is 0.796. The van der Waals surface area contributed by atoms with Crippen molar-refractivity contribution in [2.24, 2.45) is 11.8 Å². The number of carbonyl (C=O) groups is 1. The van der Waals surface area contributed by atoms with E-state index in [1.165, 1.54) is 0 Å². The highest BCUT2D eigenvalue weighted by molar-refractivity contribution is 7.92. The molecule has 138 valence electrons. The Kier molecular flexibility index (Phi) is 5.06. The molecule has 0 aliphatic carbocycles. The molecule has 3 atom stereocenters.